The number of nitrogens with one attached hydrogen (secondary N) is 1. The zero-order valence-corrected chi connectivity index (χ0v) is 17.7. The van der Waals surface area contributed by atoms with E-state index in [4.69, 9.17) is 26.8 Å². The zero-order valence-electron chi connectivity index (χ0n) is 16.9. The third-order valence-corrected chi connectivity index (χ3v) is 4.80. The molecule has 1 aliphatic rings. The summed E-state index contributed by atoms with van der Waals surface area (Å²) in [5, 5.41) is 3.79. The third kappa shape index (κ3) is 6.64. The predicted molar refractivity (Wildman–Crippen MR) is 115 cm³/mol. The second-order valence-electron chi connectivity index (χ2n) is 7.13. The van der Waals surface area contributed by atoms with Gasteiger partial charge in [-0.3, -0.25) is 0 Å². The minimum absolute atomic E-state index is 0.0568. The van der Waals surface area contributed by atoms with Crippen molar-refractivity contribution >= 4 is 23.0 Å². The van der Waals surface area contributed by atoms with Gasteiger partial charge < -0.3 is 20.5 Å². The lowest BCUT2D eigenvalue weighted by atomic mass is 10.1. The number of halogens is 1. The van der Waals surface area contributed by atoms with Gasteiger partial charge in [0.25, 0.3) is 0 Å². The molecule has 148 valence electrons. The summed E-state index contributed by atoms with van der Waals surface area (Å²) in [7, 11) is 1.67. The van der Waals surface area contributed by atoms with Gasteiger partial charge in [-0.05, 0) is 67.6 Å². The van der Waals surface area contributed by atoms with E-state index in [1.54, 1.807) is 13.2 Å². The van der Waals surface area contributed by atoms with Crippen molar-refractivity contribution in [1.29, 1.82) is 0 Å². The third-order valence-electron chi connectivity index (χ3n) is 4.52. The summed E-state index contributed by atoms with van der Waals surface area (Å²) >= 11 is 6.29. The Hall–Kier alpha value is -1.91. The first-order chi connectivity index (χ1) is 12.8. The van der Waals surface area contributed by atoms with Gasteiger partial charge in [0, 0.05) is 18.5 Å². The number of hydrogen-bond donors (Lipinski definition) is 2. The Morgan fingerprint density at radius 1 is 1.26 bits per heavy atom. The molecular weight excluding hydrogens is 360 g/mol. The van der Waals surface area contributed by atoms with Crippen molar-refractivity contribution in [2.75, 3.05) is 18.2 Å². The second-order valence-corrected chi connectivity index (χ2v) is 7.54. The number of hydrogen-bond acceptors (Lipinski definition) is 4. The molecule has 0 radical (unpaired) electrons. The predicted octanol–water partition coefficient (Wildman–Crippen LogP) is 6.41. The molecule has 27 heavy (non-hydrogen) atoms. The van der Waals surface area contributed by atoms with Crippen LogP contribution in [-0.2, 0) is 11.2 Å². The molecular formula is C22H31ClN2O2. The molecule has 1 saturated carbocycles. The molecule has 0 saturated heterocycles. The molecule has 1 unspecified atom stereocenters. The van der Waals surface area contributed by atoms with Crippen molar-refractivity contribution < 1.29 is 9.47 Å². The van der Waals surface area contributed by atoms with Gasteiger partial charge in [0.1, 0.15) is 17.7 Å². The van der Waals surface area contributed by atoms with Crippen LogP contribution in [0.1, 0.15) is 44.7 Å². The second kappa shape index (κ2) is 9.86. The van der Waals surface area contributed by atoms with E-state index in [9.17, 15) is 0 Å². The first-order valence-electron chi connectivity index (χ1n) is 9.49. The molecule has 2 aromatic rings. The van der Waals surface area contributed by atoms with E-state index in [-0.39, 0.29) is 6.23 Å². The molecule has 0 aromatic heterocycles. The topological polar surface area (TPSA) is 56.5 Å². The number of methoxy groups -OCH3 is 1. The van der Waals surface area contributed by atoms with E-state index < -0.39 is 0 Å². The van der Waals surface area contributed by atoms with Crippen molar-refractivity contribution in [3.05, 3.63) is 46.5 Å². The molecule has 1 aliphatic carbocycles. The van der Waals surface area contributed by atoms with Crippen molar-refractivity contribution in [3.63, 3.8) is 0 Å². The van der Waals surface area contributed by atoms with Crippen LogP contribution < -0.4 is 15.8 Å². The van der Waals surface area contributed by atoms with Gasteiger partial charge in [0.15, 0.2) is 0 Å². The molecule has 3 rings (SSSR count). The number of rotatable bonds is 6. The molecule has 2 aromatic carbocycles. The molecule has 0 amide bonds. The Bertz CT molecular complexity index is 760. The van der Waals surface area contributed by atoms with Crippen LogP contribution in [0.5, 0.6) is 11.5 Å². The molecule has 0 heterocycles. The van der Waals surface area contributed by atoms with Gasteiger partial charge in [-0.25, -0.2) is 0 Å². The molecule has 3 N–H and O–H groups in total. The van der Waals surface area contributed by atoms with E-state index in [0.717, 1.165) is 34.9 Å². The Balaban J connectivity index is 0.000000576. The highest BCUT2D eigenvalue weighted by molar-refractivity contribution is 6.32. The van der Waals surface area contributed by atoms with Crippen LogP contribution >= 0.6 is 11.6 Å². The Morgan fingerprint density at radius 3 is 2.44 bits per heavy atom. The molecule has 0 bridgehead atoms. The van der Waals surface area contributed by atoms with Crippen molar-refractivity contribution in [2.45, 2.75) is 53.2 Å². The molecule has 1 atom stereocenters. The van der Waals surface area contributed by atoms with Crippen LogP contribution in [0.3, 0.4) is 0 Å². The molecule has 0 spiro atoms. The van der Waals surface area contributed by atoms with Crippen LogP contribution in [-0.4, -0.2) is 13.3 Å². The van der Waals surface area contributed by atoms with E-state index in [1.807, 2.05) is 45.0 Å². The van der Waals surface area contributed by atoms with E-state index in [2.05, 4.69) is 12.2 Å². The number of nitrogens with two attached hydrogens (primary N) is 1. The Kier molecular flexibility index (Phi) is 7.81. The summed E-state index contributed by atoms with van der Waals surface area (Å²) < 4.78 is 11.2. The summed E-state index contributed by atoms with van der Waals surface area (Å²) in [6.07, 6.45) is 3.71. The van der Waals surface area contributed by atoms with Gasteiger partial charge >= 0.3 is 0 Å². The monoisotopic (exact) mass is 390 g/mol. The van der Waals surface area contributed by atoms with Crippen LogP contribution in [0.2, 0.25) is 5.02 Å². The zero-order chi connectivity index (χ0) is 20.0. The highest BCUT2D eigenvalue weighted by Crippen LogP contribution is 2.36. The lowest BCUT2D eigenvalue weighted by molar-refractivity contribution is 0.141. The van der Waals surface area contributed by atoms with E-state index >= 15 is 0 Å². The normalized spacial score (nSPS) is 14.1. The fourth-order valence-corrected chi connectivity index (χ4v) is 2.76. The number of aryl methyl sites for hydroxylation is 2. The van der Waals surface area contributed by atoms with Crippen molar-refractivity contribution in [3.8, 4) is 11.5 Å². The summed E-state index contributed by atoms with van der Waals surface area (Å²) in [6, 6.07) is 9.45. The summed E-state index contributed by atoms with van der Waals surface area (Å²) in [5.41, 5.74) is 9.54. The number of ether oxygens (including phenoxy) is 2. The Labute approximate surface area is 168 Å². The highest BCUT2D eigenvalue weighted by atomic mass is 35.5. The van der Waals surface area contributed by atoms with Crippen molar-refractivity contribution in [2.24, 2.45) is 5.92 Å². The first kappa shape index (κ1) is 21.4. The van der Waals surface area contributed by atoms with Crippen molar-refractivity contribution in [1.82, 2.24) is 0 Å². The van der Waals surface area contributed by atoms with E-state index in [1.165, 1.54) is 12.8 Å². The molecule has 5 heteroatoms. The molecule has 1 fully saturated rings. The maximum Gasteiger partial charge on any atom is 0.149 e. The minimum atomic E-state index is -0.0568. The Morgan fingerprint density at radius 2 is 1.93 bits per heavy atom. The maximum absolute atomic E-state index is 6.29. The summed E-state index contributed by atoms with van der Waals surface area (Å²) in [6.45, 7) is 8.29. The van der Waals surface area contributed by atoms with Gasteiger partial charge in [0.2, 0.25) is 0 Å². The number of nitrogen functional groups attached to an aromatic ring is 1. The maximum atomic E-state index is 6.29. The fraction of sp³-hybridized carbons (Fsp3) is 0.455. The highest BCUT2D eigenvalue weighted by Gasteiger charge is 2.13. The molecule has 4 nitrogen and oxygen atoms in total. The first-order valence-corrected chi connectivity index (χ1v) is 9.87. The van der Waals surface area contributed by atoms with Gasteiger partial charge in [0.05, 0.1) is 5.02 Å². The standard InChI is InChI=1S/C18H23ClN2O2.C4H8/c1-5-13-9-14(20)10-16(19)18(13)23-15-6-7-17(11(2)8-15)21-12(3)22-4;1-4-2-3-4/h6-10,12,21H,5,20H2,1-4H3;4H,2-3H2,1H3. The quantitative estimate of drug-likeness (QED) is 0.442. The van der Waals surface area contributed by atoms with Crippen LogP contribution in [0.15, 0.2) is 30.3 Å². The van der Waals surface area contributed by atoms with Crippen LogP contribution in [0.4, 0.5) is 11.4 Å². The van der Waals surface area contributed by atoms with Gasteiger partial charge in [-0.2, -0.15) is 0 Å². The fourth-order valence-electron chi connectivity index (χ4n) is 2.47. The number of benzene rings is 2. The lowest BCUT2D eigenvalue weighted by Crippen LogP contribution is -2.17. The SMILES string of the molecule is CC1CC1.CCc1cc(N)cc(Cl)c1Oc1ccc(NC(C)OC)c(C)c1. The van der Waals surface area contributed by atoms with Crippen LogP contribution in [0, 0.1) is 12.8 Å². The van der Waals surface area contributed by atoms with E-state index in [0.29, 0.717) is 16.5 Å². The molecule has 0 aliphatic heterocycles. The van der Waals surface area contributed by atoms with Gasteiger partial charge in [-0.15, -0.1) is 0 Å². The lowest BCUT2D eigenvalue weighted by Gasteiger charge is -2.17. The number of anilines is 2. The smallest absolute Gasteiger partial charge is 0.149 e. The largest absolute Gasteiger partial charge is 0.456 e. The average molecular weight is 391 g/mol. The van der Waals surface area contributed by atoms with Gasteiger partial charge in [-0.1, -0.05) is 38.3 Å². The summed E-state index contributed by atoms with van der Waals surface area (Å²) in [4.78, 5) is 0. The minimum Gasteiger partial charge on any atom is -0.456 e. The average Bonchev–Trinajstić information content (AvgIpc) is 3.41. The summed E-state index contributed by atoms with van der Waals surface area (Å²) in [5.74, 6) is 2.48. The van der Waals surface area contributed by atoms with Crippen LogP contribution in [0.25, 0.3) is 0 Å².